The van der Waals surface area contributed by atoms with Crippen molar-refractivity contribution in [1.29, 1.82) is 5.26 Å². The predicted molar refractivity (Wildman–Crippen MR) is 145 cm³/mol. The molecule has 198 valence electrons. The van der Waals surface area contributed by atoms with Crippen molar-refractivity contribution >= 4 is 29.3 Å². The molecule has 1 amide bonds. The van der Waals surface area contributed by atoms with Gasteiger partial charge in [0.15, 0.2) is 0 Å². The summed E-state index contributed by atoms with van der Waals surface area (Å²) in [5, 5.41) is 12.6. The fourth-order valence-corrected chi connectivity index (χ4v) is 4.27. The molecule has 0 bridgehead atoms. The van der Waals surface area contributed by atoms with Gasteiger partial charge >= 0.3 is 6.18 Å². The number of nitrogens with zero attached hydrogens (tertiary/aromatic N) is 2. The molecular formula is C30H23ClF3N3O2. The van der Waals surface area contributed by atoms with E-state index in [0.717, 1.165) is 34.8 Å². The monoisotopic (exact) mass is 549 g/mol. The number of aromatic nitrogens is 1. The Bertz CT molecular complexity index is 1580. The van der Waals surface area contributed by atoms with E-state index in [9.17, 15) is 23.2 Å². The van der Waals surface area contributed by atoms with Crippen molar-refractivity contribution in [2.75, 3.05) is 5.32 Å². The first kappa shape index (κ1) is 27.6. The van der Waals surface area contributed by atoms with Crippen LogP contribution in [-0.2, 0) is 17.6 Å². The molecule has 0 spiro atoms. The Morgan fingerprint density at radius 2 is 1.77 bits per heavy atom. The maximum absolute atomic E-state index is 13.0. The van der Waals surface area contributed by atoms with Crippen LogP contribution >= 0.6 is 11.6 Å². The van der Waals surface area contributed by atoms with Gasteiger partial charge in [0.1, 0.15) is 24.0 Å². The molecule has 0 fully saturated rings. The zero-order chi connectivity index (χ0) is 28.2. The summed E-state index contributed by atoms with van der Waals surface area (Å²) in [6.45, 7) is 4.07. The zero-order valence-electron chi connectivity index (χ0n) is 21.0. The number of nitriles is 1. The molecule has 1 aromatic heterocycles. The van der Waals surface area contributed by atoms with E-state index >= 15 is 0 Å². The number of amides is 1. The molecule has 4 rings (SSSR count). The number of hydrogen-bond donors (Lipinski definition) is 1. The Balaban J connectivity index is 1.52. The largest absolute Gasteiger partial charge is 0.489 e. The highest BCUT2D eigenvalue weighted by atomic mass is 35.5. The quantitative estimate of drug-likeness (QED) is 0.188. The molecule has 1 N–H and O–H groups in total. The van der Waals surface area contributed by atoms with Crippen molar-refractivity contribution in [3.63, 3.8) is 0 Å². The summed E-state index contributed by atoms with van der Waals surface area (Å²) in [4.78, 5) is 12.7. The molecule has 0 unspecified atom stereocenters. The van der Waals surface area contributed by atoms with Crippen molar-refractivity contribution in [3.8, 4) is 17.5 Å². The minimum atomic E-state index is -4.55. The first-order valence-electron chi connectivity index (χ1n) is 11.8. The van der Waals surface area contributed by atoms with Crippen LogP contribution in [-0.4, -0.2) is 10.5 Å². The van der Waals surface area contributed by atoms with E-state index in [1.807, 2.05) is 73.0 Å². The Labute approximate surface area is 228 Å². The van der Waals surface area contributed by atoms with Gasteiger partial charge in [0.25, 0.3) is 5.91 Å². The van der Waals surface area contributed by atoms with E-state index in [2.05, 4.69) is 5.32 Å². The number of alkyl halides is 3. The normalized spacial score (nSPS) is 11.7. The molecule has 39 heavy (non-hydrogen) atoms. The third-order valence-corrected chi connectivity index (χ3v) is 6.40. The molecule has 0 saturated carbocycles. The summed E-state index contributed by atoms with van der Waals surface area (Å²) in [5.74, 6) is -0.138. The van der Waals surface area contributed by atoms with Gasteiger partial charge in [0.05, 0.1) is 5.56 Å². The van der Waals surface area contributed by atoms with E-state index < -0.39 is 17.6 Å². The highest BCUT2D eigenvalue weighted by Gasteiger charge is 2.30. The Morgan fingerprint density at radius 3 is 2.44 bits per heavy atom. The van der Waals surface area contributed by atoms with Crippen molar-refractivity contribution < 1.29 is 22.7 Å². The van der Waals surface area contributed by atoms with Crippen molar-refractivity contribution in [2.24, 2.45) is 0 Å². The first-order chi connectivity index (χ1) is 18.6. The van der Waals surface area contributed by atoms with Gasteiger partial charge in [-0.1, -0.05) is 35.9 Å². The summed E-state index contributed by atoms with van der Waals surface area (Å²) < 4.78 is 46.8. The third-order valence-electron chi connectivity index (χ3n) is 6.03. The molecule has 0 saturated heterocycles. The van der Waals surface area contributed by atoms with E-state index in [1.165, 1.54) is 18.2 Å². The molecular weight excluding hydrogens is 527 g/mol. The third kappa shape index (κ3) is 6.51. The lowest BCUT2D eigenvalue weighted by Gasteiger charge is -2.12. The highest BCUT2D eigenvalue weighted by Crippen LogP contribution is 2.31. The van der Waals surface area contributed by atoms with Gasteiger partial charge in [0.2, 0.25) is 0 Å². The van der Waals surface area contributed by atoms with Gasteiger partial charge in [-0.2, -0.15) is 18.4 Å². The van der Waals surface area contributed by atoms with Gasteiger partial charge in [-0.15, -0.1) is 0 Å². The summed E-state index contributed by atoms with van der Waals surface area (Å²) in [6.07, 6.45) is -3.13. The van der Waals surface area contributed by atoms with Crippen LogP contribution in [0.15, 0.2) is 84.4 Å². The van der Waals surface area contributed by atoms with Crippen molar-refractivity contribution in [2.45, 2.75) is 26.6 Å². The molecule has 5 nitrogen and oxygen atoms in total. The summed E-state index contributed by atoms with van der Waals surface area (Å²) >= 11 is 6.19. The fourth-order valence-electron chi connectivity index (χ4n) is 4.07. The lowest BCUT2D eigenvalue weighted by atomic mass is 10.1. The van der Waals surface area contributed by atoms with E-state index in [1.54, 1.807) is 6.07 Å². The summed E-state index contributed by atoms with van der Waals surface area (Å²) in [7, 11) is 0. The number of ether oxygens (including phenoxy) is 1. The standard InChI is InChI=1S/C30H23ClF3N3O2/c1-19-14-22(15-23(17-35)29(38)36-25-8-5-7-24(16-25)30(32,33)34)20(2)37(19)26-10-12-27(13-11-26)39-18-21-6-3-4-9-28(21)31/h3-16H,18H2,1-2H3,(H,36,38)/b23-15-. The van der Waals surface area contributed by atoms with Gasteiger partial charge in [-0.25, -0.2) is 0 Å². The van der Waals surface area contributed by atoms with Crippen LogP contribution in [0.1, 0.15) is 28.1 Å². The smallest absolute Gasteiger partial charge is 0.416 e. The van der Waals surface area contributed by atoms with Gasteiger partial charge in [0, 0.05) is 33.3 Å². The van der Waals surface area contributed by atoms with Crippen LogP contribution < -0.4 is 10.1 Å². The van der Waals surface area contributed by atoms with E-state index in [-0.39, 0.29) is 11.3 Å². The number of carbonyl (C=O) groups is 1. The van der Waals surface area contributed by atoms with Gasteiger partial charge < -0.3 is 14.6 Å². The van der Waals surface area contributed by atoms with Crippen LogP contribution in [0.5, 0.6) is 5.75 Å². The first-order valence-corrected chi connectivity index (χ1v) is 12.2. The second kappa shape index (κ2) is 11.5. The number of halogens is 4. The second-order valence-corrected chi connectivity index (χ2v) is 9.15. The maximum Gasteiger partial charge on any atom is 0.416 e. The summed E-state index contributed by atoms with van der Waals surface area (Å²) in [5.41, 5.74) is 2.79. The average Bonchev–Trinajstić information content (AvgIpc) is 3.19. The molecule has 0 atom stereocenters. The minimum Gasteiger partial charge on any atom is -0.489 e. The topological polar surface area (TPSA) is 67.0 Å². The molecule has 1 heterocycles. The molecule has 0 aliphatic carbocycles. The fraction of sp³-hybridized carbons (Fsp3) is 0.133. The lowest BCUT2D eigenvalue weighted by Crippen LogP contribution is -2.14. The molecule has 9 heteroatoms. The lowest BCUT2D eigenvalue weighted by molar-refractivity contribution is -0.137. The van der Waals surface area contributed by atoms with Gasteiger partial charge in [-0.3, -0.25) is 4.79 Å². The zero-order valence-corrected chi connectivity index (χ0v) is 21.8. The number of benzene rings is 3. The molecule has 0 radical (unpaired) electrons. The minimum absolute atomic E-state index is 0.0571. The molecule has 0 aliphatic rings. The number of nitrogens with one attached hydrogen (secondary N) is 1. The maximum atomic E-state index is 13.0. The number of carbonyl (C=O) groups excluding carboxylic acids is 1. The number of aryl methyl sites for hydroxylation is 1. The Kier molecular flexibility index (Phi) is 8.12. The van der Waals surface area contributed by atoms with Crippen LogP contribution in [0.2, 0.25) is 5.02 Å². The van der Waals surface area contributed by atoms with Crippen LogP contribution in [0.3, 0.4) is 0 Å². The SMILES string of the molecule is Cc1cc(/C=C(/C#N)C(=O)Nc2cccc(C(F)(F)F)c2)c(C)n1-c1ccc(OCc2ccccc2Cl)cc1. The Morgan fingerprint density at radius 1 is 1.05 bits per heavy atom. The molecule has 4 aromatic rings. The van der Waals surface area contributed by atoms with E-state index in [0.29, 0.717) is 22.9 Å². The summed E-state index contributed by atoms with van der Waals surface area (Å²) in [6, 6.07) is 22.8. The van der Waals surface area contributed by atoms with E-state index in [4.69, 9.17) is 16.3 Å². The van der Waals surface area contributed by atoms with Crippen LogP contribution in [0.25, 0.3) is 11.8 Å². The van der Waals surface area contributed by atoms with Crippen LogP contribution in [0.4, 0.5) is 18.9 Å². The van der Waals surface area contributed by atoms with Gasteiger partial charge in [-0.05, 0) is 80.1 Å². The van der Waals surface area contributed by atoms with Crippen molar-refractivity contribution in [1.82, 2.24) is 4.57 Å². The number of anilines is 1. The van der Waals surface area contributed by atoms with Crippen molar-refractivity contribution in [3.05, 3.63) is 118 Å². The highest BCUT2D eigenvalue weighted by molar-refractivity contribution is 6.31. The average molecular weight is 550 g/mol. The number of rotatable bonds is 7. The Hall–Kier alpha value is -4.48. The van der Waals surface area contributed by atoms with Crippen LogP contribution in [0, 0.1) is 25.2 Å². The predicted octanol–water partition coefficient (Wildman–Crippen LogP) is 7.89. The molecule has 3 aromatic carbocycles. The second-order valence-electron chi connectivity index (χ2n) is 8.74. The number of hydrogen-bond acceptors (Lipinski definition) is 3. The molecule has 0 aliphatic heterocycles.